The second kappa shape index (κ2) is 13.9. The zero-order chi connectivity index (χ0) is 30.2. The van der Waals surface area contributed by atoms with E-state index in [1.165, 1.54) is 30.0 Å². The average molecular weight is 562 g/mol. The van der Waals surface area contributed by atoms with Crippen LogP contribution in [0.4, 0.5) is 0 Å². The molecular weight excluding hydrogens is 522 g/mol. The van der Waals surface area contributed by atoms with E-state index in [4.69, 9.17) is 16.7 Å². The molecule has 41 heavy (non-hydrogen) atoms. The van der Waals surface area contributed by atoms with Crippen LogP contribution < -0.4 is 21.7 Å². The second-order valence-corrected chi connectivity index (χ2v) is 10.4. The van der Waals surface area contributed by atoms with Gasteiger partial charge in [0, 0.05) is 34.0 Å². The Morgan fingerprint density at radius 3 is 2.24 bits per heavy atom. The van der Waals surface area contributed by atoms with Gasteiger partial charge in [-0.05, 0) is 53.5 Å². The van der Waals surface area contributed by atoms with Crippen LogP contribution in [0.2, 0.25) is 0 Å². The number of likely N-dealkylation sites (N-methyl/N-ethyl adjacent to an activating group) is 3. The molecule has 0 heterocycles. The third kappa shape index (κ3) is 8.37. The average Bonchev–Trinajstić information content (AvgIpc) is 2.96. The van der Waals surface area contributed by atoms with E-state index in [9.17, 15) is 14.4 Å². The molecule has 0 aliphatic heterocycles. The Hall–Kier alpha value is -4.25. The smallest absolute Gasteiger partial charge is 0.246 e. The zero-order valence-electron chi connectivity index (χ0n) is 23.9. The molecule has 3 aromatic carbocycles. The van der Waals surface area contributed by atoms with Gasteiger partial charge in [0.15, 0.2) is 5.75 Å². The first-order valence-corrected chi connectivity index (χ1v) is 13.3. The number of fused-ring (bicyclic) bond motifs is 1. The SMILES string of the molecule is CNC(=O)[C@@H](Cc1cccc2ccccc12)N(C)C(=O)[C@@H](Cc1ccc(OO)cc1)N(C)C(=O)/C=C/CC(C)(N)N. The first kappa shape index (κ1) is 31.3. The number of nitrogens with zero attached hydrogens (tertiary/aromatic N) is 2. The van der Waals surface area contributed by atoms with Gasteiger partial charge in [-0.1, -0.05) is 60.7 Å². The van der Waals surface area contributed by atoms with Gasteiger partial charge in [0.1, 0.15) is 12.1 Å². The summed E-state index contributed by atoms with van der Waals surface area (Å²) in [4.78, 5) is 47.4. The first-order chi connectivity index (χ1) is 19.4. The molecule has 0 aromatic heterocycles. The van der Waals surface area contributed by atoms with Crippen molar-refractivity contribution < 1.29 is 24.5 Å². The summed E-state index contributed by atoms with van der Waals surface area (Å²) < 4.78 is 0. The van der Waals surface area contributed by atoms with Crippen LogP contribution in [-0.2, 0) is 27.2 Å². The quantitative estimate of drug-likeness (QED) is 0.115. The van der Waals surface area contributed by atoms with Crippen LogP contribution in [0.1, 0.15) is 24.5 Å². The van der Waals surface area contributed by atoms with Crippen LogP contribution in [0.15, 0.2) is 78.9 Å². The van der Waals surface area contributed by atoms with E-state index < -0.39 is 29.6 Å². The van der Waals surface area contributed by atoms with Gasteiger partial charge < -0.3 is 31.5 Å². The molecule has 0 spiro atoms. The Bertz CT molecular complexity index is 1380. The number of hydrogen-bond acceptors (Lipinski definition) is 7. The molecule has 2 atom stereocenters. The monoisotopic (exact) mass is 561 g/mol. The lowest BCUT2D eigenvalue weighted by atomic mass is 9.96. The van der Waals surface area contributed by atoms with Crippen molar-refractivity contribution in [3.05, 3.63) is 90.0 Å². The molecule has 218 valence electrons. The largest absolute Gasteiger partial charge is 0.357 e. The molecule has 0 aliphatic carbocycles. The summed E-state index contributed by atoms with van der Waals surface area (Å²) in [6.07, 6.45) is 3.61. The molecule has 10 heteroatoms. The Kier molecular flexibility index (Phi) is 10.6. The van der Waals surface area contributed by atoms with Crippen molar-refractivity contribution in [2.45, 2.75) is 43.9 Å². The van der Waals surface area contributed by atoms with Crippen LogP contribution in [0.5, 0.6) is 5.75 Å². The summed E-state index contributed by atoms with van der Waals surface area (Å²) in [5, 5.41) is 13.6. The Morgan fingerprint density at radius 2 is 1.61 bits per heavy atom. The van der Waals surface area contributed by atoms with Crippen molar-refractivity contribution in [1.82, 2.24) is 15.1 Å². The van der Waals surface area contributed by atoms with E-state index in [2.05, 4.69) is 10.2 Å². The highest BCUT2D eigenvalue weighted by Crippen LogP contribution is 2.22. The van der Waals surface area contributed by atoms with Crippen molar-refractivity contribution in [2.75, 3.05) is 21.1 Å². The highest BCUT2D eigenvalue weighted by atomic mass is 17.1. The van der Waals surface area contributed by atoms with Crippen molar-refractivity contribution in [2.24, 2.45) is 11.5 Å². The van der Waals surface area contributed by atoms with E-state index in [-0.39, 0.29) is 30.9 Å². The maximum Gasteiger partial charge on any atom is 0.246 e. The zero-order valence-corrected chi connectivity index (χ0v) is 23.9. The van der Waals surface area contributed by atoms with Crippen LogP contribution in [-0.4, -0.2) is 71.7 Å². The molecule has 0 unspecified atom stereocenters. The van der Waals surface area contributed by atoms with E-state index in [1.807, 2.05) is 42.5 Å². The maximum atomic E-state index is 14.1. The minimum absolute atomic E-state index is 0.158. The van der Waals surface area contributed by atoms with E-state index in [1.54, 1.807) is 44.3 Å². The lowest BCUT2D eigenvalue weighted by Crippen LogP contribution is -2.55. The Labute approximate surface area is 240 Å². The number of nitrogens with one attached hydrogen (secondary N) is 1. The maximum absolute atomic E-state index is 14.1. The third-order valence-electron chi connectivity index (χ3n) is 7.03. The van der Waals surface area contributed by atoms with Crippen LogP contribution in [0, 0.1) is 0 Å². The summed E-state index contributed by atoms with van der Waals surface area (Å²) in [5.41, 5.74) is 12.3. The molecule has 3 rings (SSSR count). The predicted molar refractivity (Wildman–Crippen MR) is 159 cm³/mol. The van der Waals surface area contributed by atoms with E-state index >= 15 is 0 Å². The summed E-state index contributed by atoms with van der Waals surface area (Å²) in [6.45, 7) is 1.64. The summed E-state index contributed by atoms with van der Waals surface area (Å²) >= 11 is 0. The fourth-order valence-electron chi connectivity index (χ4n) is 4.62. The van der Waals surface area contributed by atoms with Crippen molar-refractivity contribution in [3.63, 3.8) is 0 Å². The molecule has 0 aliphatic rings. The molecule has 0 fully saturated rings. The number of amides is 3. The number of nitrogens with two attached hydrogens (primary N) is 2. The Morgan fingerprint density at radius 1 is 0.951 bits per heavy atom. The van der Waals surface area contributed by atoms with Crippen LogP contribution in [0.25, 0.3) is 10.8 Å². The summed E-state index contributed by atoms with van der Waals surface area (Å²) in [7, 11) is 4.64. The standard InChI is InChI=1S/C31H39N5O5/c1-31(32,33)18-8-13-28(37)35(3)27(19-21-14-16-24(41-40)17-15-21)30(39)36(4)26(29(38)34-2)20-23-11-7-10-22-9-5-6-12-25(22)23/h5-17,26-27,40H,18-20,32-33H2,1-4H3,(H,34,38)/b13-8+/t26-,27-/m1/s1. The Balaban J connectivity index is 1.94. The molecule has 0 saturated carbocycles. The highest BCUT2D eigenvalue weighted by molar-refractivity contribution is 5.95. The van der Waals surface area contributed by atoms with Crippen LogP contribution >= 0.6 is 0 Å². The van der Waals surface area contributed by atoms with Gasteiger partial charge in [-0.15, -0.1) is 0 Å². The van der Waals surface area contributed by atoms with Gasteiger partial charge >= 0.3 is 0 Å². The van der Waals surface area contributed by atoms with E-state index in [0.29, 0.717) is 0 Å². The first-order valence-electron chi connectivity index (χ1n) is 13.3. The van der Waals surface area contributed by atoms with E-state index in [0.717, 1.165) is 21.9 Å². The fraction of sp³-hybridized carbons (Fsp3) is 0.323. The van der Waals surface area contributed by atoms with Gasteiger partial charge in [-0.25, -0.2) is 5.26 Å². The van der Waals surface area contributed by atoms with Crippen molar-refractivity contribution >= 4 is 28.5 Å². The number of carbonyl (C=O) groups excluding carboxylic acids is 3. The minimum Gasteiger partial charge on any atom is -0.357 e. The van der Waals surface area contributed by atoms with Crippen molar-refractivity contribution in [3.8, 4) is 5.75 Å². The van der Waals surface area contributed by atoms with Gasteiger partial charge in [0.05, 0.1) is 5.66 Å². The molecule has 0 bridgehead atoms. The van der Waals surface area contributed by atoms with Gasteiger partial charge in [-0.2, -0.15) is 0 Å². The molecule has 3 aromatic rings. The predicted octanol–water partition coefficient (Wildman–Crippen LogP) is 2.46. The molecule has 0 saturated heterocycles. The summed E-state index contributed by atoms with van der Waals surface area (Å²) in [5.74, 6) is -0.909. The number of carbonyl (C=O) groups is 3. The molecule has 6 N–H and O–H groups in total. The van der Waals surface area contributed by atoms with Gasteiger partial charge in [-0.3, -0.25) is 14.4 Å². The third-order valence-corrected chi connectivity index (χ3v) is 7.03. The fourth-order valence-corrected chi connectivity index (χ4v) is 4.62. The molecule has 3 amide bonds. The van der Waals surface area contributed by atoms with Crippen molar-refractivity contribution in [1.29, 1.82) is 0 Å². The number of hydrogen-bond donors (Lipinski definition) is 4. The topological polar surface area (TPSA) is 151 Å². The molecule has 0 radical (unpaired) electrons. The molecular formula is C31H39N5O5. The number of rotatable bonds is 12. The summed E-state index contributed by atoms with van der Waals surface area (Å²) in [6, 6.07) is 18.5. The van der Waals surface area contributed by atoms with Gasteiger partial charge in [0.25, 0.3) is 0 Å². The minimum atomic E-state index is -0.982. The lowest BCUT2D eigenvalue weighted by molar-refractivity contribution is -0.146. The number of benzene rings is 3. The van der Waals surface area contributed by atoms with Gasteiger partial charge in [0.2, 0.25) is 17.7 Å². The molecule has 10 nitrogen and oxygen atoms in total. The highest BCUT2D eigenvalue weighted by Gasteiger charge is 2.34. The lowest BCUT2D eigenvalue weighted by Gasteiger charge is -2.34. The normalized spacial score (nSPS) is 13.0. The van der Waals surface area contributed by atoms with Crippen LogP contribution in [0.3, 0.4) is 0 Å². The second-order valence-electron chi connectivity index (χ2n) is 10.4.